The predicted octanol–water partition coefficient (Wildman–Crippen LogP) is 5.39. The third-order valence-corrected chi connectivity index (χ3v) is 6.96. The van der Waals surface area contributed by atoms with Crippen molar-refractivity contribution in [2.75, 3.05) is 19.1 Å². The van der Waals surface area contributed by atoms with Crippen LogP contribution in [0.5, 0.6) is 17.2 Å². The molecule has 8 heteroatoms. The van der Waals surface area contributed by atoms with Crippen LogP contribution in [0.1, 0.15) is 34.7 Å². The number of hydrogen-bond donors (Lipinski definition) is 2. The number of hydrogen-bond acceptors (Lipinski definition) is 5. The number of thiocarbonyl (C=S) groups is 1. The molecule has 4 aromatic rings. The Morgan fingerprint density at radius 3 is 2.42 bits per heavy atom. The molecule has 0 amide bonds. The van der Waals surface area contributed by atoms with Crippen molar-refractivity contribution >= 4 is 23.0 Å². The molecule has 0 radical (unpaired) electrons. The van der Waals surface area contributed by atoms with Crippen LogP contribution in [0.2, 0.25) is 0 Å². The van der Waals surface area contributed by atoms with E-state index in [1.807, 2.05) is 48.5 Å². The topological polar surface area (TPSA) is 71.8 Å². The highest BCUT2D eigenvalue weighted by atomic mass is 32.1. The van der Waals surface area contributed by atoms with Crippen LogP contribution in [-0.4, -0.2) is 34.0 Å². The van der Waals surface area contributed by atoms with Gasteiger partial charge in [-0.3, -0.25) is 4.98 Å². The summed E-state index contributed by atoms with van der Waals surface area (Å²) >= 11 is 5.91. The third-order valence-electron chi connectivity index (χ3n) is 6.64. The molecule has 184 valence electrons. The number of phenolic OH excluding ortho intramolecular Hbond substituents is 1. The van der Waals surface area contributed by atoms with Gasteiger partial charge in [0.15, 0.2) is 5.11 Å². The summed E-state index contributed by atoms with van der Waals surface area (Å²) in [6.45, 7) is 4.18. The first-order chi connectivity index (χ1) is 17.4. The Morgan fingerprint density at radius 1 is 0.972 bits per heavy atom. The summed E-state index contributed by atoms with van der Waals surface area (Å²) in [5.41, 5.74) is 5.93. The van der Waals surface area contributed by atoms with E-state index in [1.54, 1.807) is 32.5 Å². The Kier molecular flexibility index (Phi) is 6.28. The zero-order valence-corrected chi connectivity index (χ0v) is 21.4. The van der Waals surface area contributed by atoms with Gasteiger partial charge in [0.25, 0.3) is 0 Å². The lowest BCUT2D eigenvalue weighted by molar-refractivity contribution is 0.403. The van der Waals surface area contributed by atoms with E-state index in [1.165, 1.54) is 0 Å². The summed E-state index contributed by atoms with van der Waals surface area (Å²) in [5, 5.41) is 13.9. The van der Waals surface area contributed by atoms with Gasteiger partial charge in [-0.25, -0.2) is 0 Å². The van der Waals surface area contributed by atoms with Gasteiger partial charge in [0, 0.05) is 29.3 Å². The zero-order valence-electron chi connectivity index (χ0n) is 20.6. The van der Waals surface area contributed by atoms with Crippen molar-refractivity contribution in [1.29, 1.82) is 0 Å². The second-order valence-electron chi connectivity index (χ2n) is 8.71. The maximum Gasteiger partial charge on any atom is 0.174 e. The van der Waals surface area contributed by atoms with Crippen LogP contribution in [0.3, 0.4) is 0 Å². The quantitative estimate of drug-likeness (QED) is 0.344. The molecule has 5 rings (SSSR count). The van der Waals surface area contributed by atoms with Gasteiger partial charge in [-0.1, -0.05) is 6.07 Å². The summed E-state index contributed by atoms with van der Waals surface area (Å²) in [6.07, 6.45) is 1.80. The van der Waals surface area contributed by atoms with E-state index in [2.05, 4.69) is 39.7 Å². The molecule has 36 heavy (non-hydrogen) atoms. The number of aromatic nitrogens is 2. The standard InChI is InChI=1S/C28H28N4O3S/c1-17-15-22(18(2)31(17)19-8-10-20(33)11-9-19)27-26(23-7-5-6-14-29-23)30-28(36)32(27)24-16-21(34-3)12-13-25(24)35-4/h5-16,26-27,33H,1-4H3,(H,30,36)/t26-,27-/m0/s1. The molecule has 7 nitrogen and oxygen atoms in total. The Labute approximate surface area is 215 Å². The van der Waals surface area contributed by atoms with Crippen molar-refractivity contribution in [2.45, 2.75) is 25.9 Å². The number of pyridine rings is 1. The molecule has 1 fully saturated rings. The Hall–Kier alpha value is -4.04. The number of phenols is 1. The molecule has 1 aliphatic rings. The molecule has 0 spiro atoms. The van der Waals surface area contributed by atoms with Crippen LogP contribution in [0.4, 0.5) is 5.69 Å². The fourth-order valence-corrected chi connectivity index (χ4v) is 5.34. The van der Waals surface area contributed by atoms with Gasteiger partial charge in [0.1, 0.15) is 17.2 Å². The van der Waals surface area contributed by atoms with Gasteiger partial charge in [-0.2, -0.15) is 0 Å². The molecule has 2 N–H and O–H groups in total. The van der Waals surface area contributed by atoms with Crippen molar-refractivity contribution in [2.24, 2.45) is 0 Å². The number of nitrogens with zero attached hydrogens (tertiary/aromatic N) is 3. The van der Waals surface area contributed by atoms with Crippen molar-refractivity contribution in [3.63, 3.8) is 0 Å². The van der Waals surface area contributed by atoms with E-state index in [-0.39, 0.29) is 17.8 Å². The molecule has 3 heterocycles. The molecule has 1 saturated heterocycles. The lowest BCUT2D eigenvalue weighted by atomic mass is 9.96. The predicted molar refractivity (Wildman–Crippen MR) is 144 cm³/mol. The fraction of sp³-hybridized carbons (Fsp3) is 0.214. The van der Waals surface area contributed by atoms with Crippen molar-refractivity contribution < 1.29 is 14.6 Å². The maximum atomic E-state index is 9.80. The van der Waals surface area contributed by atoms with Crippen LogP contribution >= 0.6 is 12.2 Å². The number of ether oxygens (including phenoxy) is 2. The minimum Gasteiger partial charge on any atom is -0.508 e. The fourth-order valence-electron chi connectivity index (χ4n) is 5.00. The molecular weight excluding hydrogens is 472 g/mol. The van der Waals surface area contributed by atoms with E-state index in [4.69, 9.17) is 21.7 Å². The average Bonchev–Trinajstić information content (AvgIpc) is 3.39. The lowest BCUT2D eigenvalue weighted by Crippen LogP contribution is -2.30. The number of methoxy groups -OCH3 is 2. The van der Waals surface area contributed by atoms with Crippen molar-refractivity contribution in [1.82, 2.24) is 14.9 Å². The Morgan fingerprint density at radius 2 is 1.75 bits per heavy atom. The van der Waals surface area contributed by atoms with Crippen molar-refractivity contribution in [3.8, 4) is 22.9 Å². The van der Waals surface area contributed by atoms with Gasteiger partial charge in [-0.15, -0.1) is 0 Å². The average molecular weight is 501 g/mol. The molecule has 2 aromatic carbocycles. The Bertz CT molecular complexity index is 1400. The van der Waals surface area contributed by atoms with E-state index < -0.39 is 0 Å². The first-order valence-electron chi connectivity index (χ1n) is 11.6. The molecule has 1 aliphatic heterocycles. The monoisotopic (exact) mass is 500 g/mol. The van der Waals surface area contributed by atoms with Gasteiger partial charge in [0.2, 0.25) is 0 Å². The number of benzene rings is 2. The number of nitrogens with one attached hydrogen (secondary N) is 1. The first-order valence-corrected chi connectivity index (χ1v) is 12.0. The highest BCUT2D eigenvalue weighted by Gasteiger charge is 2.43. The second kappa shape index (κ2) is 9.54. The van der Waals surface area contributed by atoms with Crippen LogP contribution in [-0.2, 0) is 0 Å². The third kappa shape index (κ3) is 4.03. The van der Waals surface area contributed by atoms with Gasteiger partial charge in [0.05, 0.1) is 37.7 Å². The molecule has 0 saturated carbocycles. The smallest absolute Gasteiger partial charge is 0.174 e. The van der Waals surface area contributed by atoms with Gasteiger partial charge >= 0.3 is 0 Å². The summed E-state index contributed by atoms with van der Waals surface area (Å²) in [7, 11) is 3.30. The largest absolute Gasteiger partial charge is 0.508 e. The minimum absolute atomic E-state index is 0.191. The number of rotatable bonds is 6. The summed E-state index contributed by atoms with van der Waals surface area (Å²) < 4.78 is 13.5. The van der Waals surface area contributed by atoms with E-state index >= 15 is 0 Å². The molecule has 0 unspecified atom stereocenters. The Balaban J connectivity index is 1.71. The lowest BCUT2D eigenvalue weighted by Gasteiger charge is -2.29. The number of aromatic hydroxyl groups is 1. The number of aryl methyl sites for hydroxylation is 1. The van der Waals surface area contributed by atoms with Crippen LogP contribution in [0.15, 0.2) is 72.9 Å². The second-order valence-corrected chi connectivity index (χ2v) is 9.10. The first kappa shape index (κ1) is 23.7. The molecule has 2 aromatic heterocycles. The maximum absolute atomic E-state index is 9.80. The van der Waals surface area contributed by atoms with E-state index in [9.17, 15) is 5.11 Å². The normalized spacial score (nSPS) is 17.2. The molecule has 2 atom stereocenters. The summed E-state index contributed by atoms with van der Waals surface area (Å²) in [5.74, 6) is 1.64. The minimum atomic E-state index is -0.203. The van der Waals surface area contributed by atoms with Crippen LogP contribution in [0.25, 0.3) is 5.69 Å². The highest BCUT2D eigenvalue weighted by molar-refractivity contribution is 7.80. The van der Waals surface area contributed by atoms with Gasteiger partial charge in [-0.05, 0) is 86.2 Å². The summed E-state index contributed by atoms with van der Waals surface area (Å²) in [4.78, 5) is 6.76. The van der Waals surface area contributed by atoms with Gasteiger partial charge < -0.3 is 29.4 Å². The highest BCUT2D eigenvalue weighted by Crippen LogP contribution is 2.47. The van der Waals surface area contributed by atoms with Crippen LogP contribution < -0.4 is 19.7 Å². The van der Waals surface area contributed by atoms with E-state index in [0.717, 1.165) is 34.0 Å². The van der Waals surface area contributed by atoms with Crippen LogP contribution in [0, 0.1) is 13.8 Å². The summed E-state index contributed by atoms with van der Waals surface area (Å²) in [6, 6.07) is 20.6. The molecule has 0 bridgehead atoms. The number of anilines is 1. The van der Waals surface area contributed by atoms with Crippen molar-refractivity contribution in [3.05, 3.63) is 95.6 Å². The zero-order chi connectivity index (χ0) is 25.4. The molecular formula is C28H28N4O3S. The van der Waals surface area contributed by atoms with E-state index in [0.29, 0.717) is 16.6 Å². The molecule has 0 aliphatic carbocycles. The SMILES string of the molecule is COc1ccc(OC)c(N2C(=S)N[C@@H](c3ccccn3)[C@@H]2c2cc(C)n(-c3ccc(O)cc3)c2C)c1.